The molecule has 18 heavy (non-hydrogen) atoms. The number of aromatic amines is 1. The van der Waals surface area contributed by atoms with Crippen molar-refractivity contribution < 1.29 is 4.39 Å². The van der Waals surface area contributed by atoms with Gasteiger partial charge in [-0.2, -0.15) is 0 Å². The highest BCUT2D eigenvalue weighted by atomic mass is 32.2. The van der Waals surface area contributed by atoms with Crippen LogP contribution >= 0.6 is 11.8 Å². The quantitative estimate of drug-likeness (QED) is 0.872. The van der Waals surface area contributed by atoms with Crippen molar-refractivity contribution in [2.24, 2.45) is 7.05 Å². The van der Waals surface area contributed by atoms with Crippen LogP contribution in [0, 0.1) is 5.82 Å². The second-order valence-corrected chi connectivity index (χ2v) is 4.84. The second-order valence-electron chi connectivity index (χ2n) is 3.80. The van der Waals surface area contributed by atoms with Gasteiger partial charge in [-0.05, 0) is 42.6 Å². The standard InChI is InChI=1S/C11H13FN4OS/c1-13-6-7-3-8(12)5-9(4-7)18-11-15-14-10(17)16(11)2/h3-5,13H,6H2,1-2H3,(H,14,17). The first-order chi connectivity index (χ1) is 8.60. The molecule has 0 radical (unpaired) electrons. The molecule has 1 aromatic carbocycles. The molecule has 0 fully saturated rings. The molecular formula is C11H13FN4OS. The van der Waals surface area contributed by atoms with Crippen molar-refractivity contribution in [2.75, 3.05) is 7.05 Å². The molecule has 2 N–H and O–H groups in total. The highest BCUT2D eigenvalue weighted by molar-refractivity contribution is 7.99. The summed E-state index contributed by atoms with van der Waals surface area (Å²) in [6, 6.07) is 4.76. The summed E-state index contributed by atoms with van der Waals surface area (Å²) in [7, 11) is 3.41. The van der Waals surface area contributed by atoms with Gasteiger partial charge in [-0.1, -0.05) is 0 Å². The fraction of sp³-hybridized carbons (Fsp3) is 0.273. The smallest absolute Gasteiger partial charge is 0.316 e. The van der Waals surface area contributed by atoms with Crippen molar-refractivity contribution in [1.29, 1.82) is 0 Å². The Kier molecular flexibility index (Phi) is 3.83. The number of aromatic nitrogens is 3. The van der Waals surface area contributed by atoms with Crippen LogP contribution in [-0.2, 0) is 13.6 Å². The number of rotatable bonds is 4. The molecule has 2 rings (SSSR count). The van der Waals surface area contributed by atoms with E-state index in [4.69, 9.17) is 0 Å². The van der Waals surface area contributed by atoms with Crippen LogP contribution < -0.4 is 11.0 Å². The molecule has 0 saturated heterocycles. The molecular weight excluding hydrogens is 255 g/mol. The summed E-state index contributed by atoms with van der Waals surface area (Å²) in [6.07, 6.45) is 0. The van der Waals surface area contributed by atoms with Gasteiger partial charge >= 0.3 is 5.69 Å². The number of nitrogens with one attached hydrogen (secondary N) is 2. The van der Waals surface area contributed by atoms with Gasteiger partial charge in [0, 0.05) is 18.5 Å². The molecule has 5 nitrogen and oxygen atoms in total. The lowest BCUT2D eigenvalue weighted by Gasteiger charge is -2.05. The van der Waals surface area contributed by atoms with E-state index in [-0.39, 0.29) is 11.5 Å². The van der Waals surface area contributed by atoms with Crippen molar-refractivity contribution in [3.8, 4) is 0 Å². The number of benzene rings is 1. The van der Waals surface area contributed by atoms with E-state index in [9.17, 15) is 9.18 Å². The van der Waals surface area contributed by atoms with Crippen molar-refractivity contribution in [2.45, 2.75) is 16.6 Å². The lowest BCUT2D eigenvalue weighted by molar-refractivity contribution is 0.619. The average Bonchev–Trinajstić information content (AvgIpc) is 2.61. The summed E-state index contributed by atoms with van der Waals surface area (Å²) >= 11 is 1.24. The van der Waals surface area contributed by atoms with E-state index >= 15 is 0 Å². The zero-order valence-electron chi connectivity index (χ0n) is 10.0. The summed E-state index contributed by atoms with van der Waals surface area (Å²) in [6.45, 7) is 0.588. The van der Waals surface area contributed by atoms with E-state index < -0.39 is 0 Å². The largest absolute Gasteiger partial charge is 0.343 e. The van der Waals surface area contributed by atoms with Gasteiger partial charge < -0.3 is 5.32 Å². The van der Waals surface area contributed by atoms with Crippen LogP contribution in [0.1, 0.15) is 5.56 Å². The van der Waals surface area contributed by atoms with Crippen molar-refractivity contribution in [3.63, 3.8) is 0 Å². The maximum absolute atomic E-state index is 13.4. The van der Waals surface area contributed by atoms with Gasteiger partial charge in [0.15, 0.2) is 5.16 Å². The molecule has 1 aromatic heterocycles. The Balaban J connectivity index is 2.28. The fourth-order valence-corrected chi connectivity index (χ4v) is 2.42. The molecule has 0 saturated carbocycles. The SMILES string of the molecule is CNCc1cc(F)cc(Sc2n[nH]c(=O)n2C)c1. The molecule has 0 atom stereocenters. The van der Waals surface area contributed by atoms with Gasteiger partial charge in [0.05, 0.1) is 0 Å². The van der Waals surface area contributed by atoms with Crippen LogP contribution in [0.4, 0.5) is 4.39 Å². The zero-order chi connectivity index (χ0) is 13.1. The predicted molar refractivity (Wildman–Crippen MR) is 67.1 cm³/mol. The van der Waals surface area contributed by atoms with E-state index in [0.717, 1.165) is 5.56 Å². The monoisotopic (exact) mass is 268 g/mol. The normalized spacial score (nSPS) is 10.8. The minimum atomic E-state index is -0.300. The summed E-state index contributed by atoms with van der Waals surface area (Å²) < 4.78 is 14.8. The Morgan fingerprint density at radius 2 is 2.28 bits per heavy atom. The van der Waals surface area contributed by atoms with Crippen LogP contribution in [0.2, 0.25) is 0 Å². The molecule has 7 heteroatoms. The minimum Gasteiger partial charge on any atom is -0.316 e. The van der Waals surface area contributed by atoms with E-state index in [0.29, 0.717) is 16.6 Å². The molecule has 0 unspecified atom stereocenters. The Labute approximate surface area is 107 Å². The van der Waals surface area contributed by atoms with Gasteiger partial charge in [-0.15, -0.1) is 5.10 Å². The highest BCUT2D eigenvalue weighted by Crippen LogP contribution is 2.26. The van der Waals surface area contributed by atoms with Gasteiger partial charge in [0.1, 0.15) is 5.82 Å². The zero-order valence-corrected chi connectivity index (χ0v) is 10.8. The molecule has 0 amide bonds. The van der Waals surface area contributed by atoms with Crippen LogP contribution in [0.25, 0.3) is 0 Å². The first-order valence-electron chi connectivity index (χ1n) is 5.33. The first-order valence-corrected chi connectivity index (χ1v) is 6.15. The number of nitrogens with zero attached hydrogens (tertiary/aromatic N) is 2. The highest BCUT2D eigenvalue weighted by Gasteiger charge is 2.08. The molecule has 0 aliphatic rings. The molecule has 0 aliphatic carbocycles. The van der Waals surface area contributed by atoms with Crippen LogP contribution in [0.15, 0.2) is 33.0 Å². The molecule has 0 bridgehead atoms. The average molecular weight is 268 g/mol. The Morgan fingerprint density at radius 1 is 1.50 bits per heavy atom. The third-order valence-electron chi connectivity index (χ3n) is 2.36. The van der Waals surface area contributed by atoms with E-state index in [2.05, 4.69) is 15.5 Å². The second kappa shape index (κ2) is 5.36. The fourth-order valence-electron chi connectivity index (χ4n) is 1.52. The Bertz CT molecular complexity index is 607. The van der Waals surface area contributed by atoms with Gasteiger partial charge in [0.25, 0.3) is 0 Å². The number of hydrogen-bond acceptors (Lipinski definition) is 4. The van der Waals surface area contributed by atoms with Crippen molar-refractivity contribution in [3.05, 3.63) is 40.1 Å². The van der Waals surface area contributed by atoms with E-state index in [1.54, 1.807) is 14.1 Å². The van der Waals surface area contributed by atoms with Gasteiger partial charge in [0.2, 0.25) is 0 Å². The van der Waals surface area contributed by atoms with E-state index in [1.165, 1.54) is 28.5 Å². The van der Waals surface area contributed by atoms with Crippen LogP contribution in [0.3, 0.4) is 0 Å². The van der Waals surface area contributed by atoms with E-state index in [1.807, 2.05) is 6.07 Å². The molecule has 1 heterocycles. The lowest BCUT2D eigenvalue weighted by atomic mass is 10.2. The van der Waals surface area contributed by atoms with Gasteiger partial charge in [-0.25, -0.2) is 14.3 Å². The van der Waals surface area contributed by atoms with Crippen molar-refractivity contribution in [1.82, 2.24) is 20.1 Å². The molecule has 0 spiro atoms. The van der Waals surface area contributed by atoms with Gasteiger partial charge in [-0.3, -0.25) is 4.57 Å². The maximum Gasteiger partial charge on any atom is 0.343 e. The summed E-state index contributed by atoms with van der Waals surface area (Å²) in [5.74, 6) is -0.300. The number of H-pyrrole nitrogens is 1. The van der Waals surface area contributed by atoms with Crippen LogP contribution in [-0.4, -0.2) is 21.8 Å². The summed E-state index contributed by atoms with van der Waals surface area (Å²) in [4.78, 5) is 11.9. The number of hydrogen-bond donors (Lipinski definition) is 2. The molecule has 2 aromatic rings. The molecule has 96 valence electrons. The maximum atomic E-state index is 13.4. The topological polar surface area (TPSA) is 62.7 Å². The minimum absolute atomic E-state index is 0.288. The predicted octanol–water partition coefficient (Wildman–Crippen LogP) is 1.12. The molecule has 0 aliphatic heterocycles. The third kappa shape index (κ3) is 2.80. The van der Waals surface area contributed by atoms with Crippen molar-refractivity contribution >= 4 is 11.8 Å². The lowest BCUT2D eigenvalue weighted by Crippen LogP contribution is -2.12. The first kappa shape index (κ1) is 12.8. The number of halogens is 1. The summed E-state index contributed by atoms with van der Waals surface area (Å²) in [5, 5.41) is 9.67. The Morgan fingerprint density at radius 3 is 2.89 bits per heavy atom. The third-order valence-corrected chi connectivity index (χ3v) is 3.38. The van der Waals surface area contributed by atoms with Crippen LogP contribution in [0.5, 0.6) is 0 Å². The summed E-state index contributed by atoms with van der Waals surface area (Å²) in [5.41, 5.74) is 0.560. The Hall–Kier alpha value is -1.60.